The molecule has 1 saturated heterocycles. The Kier molecular flexibility index (Phi) is 3.14. The van der Waals surface area contributed by atoms with Crippen LogP contribution in [0.1, 0.15) is 6.42 Å². The fraction of sp³-hybridized carbons (Fsp3) is 0.357. The zero-order chi connectivity index (χ0) is 14.1. The van der Waals surface area contributed by atoms with Gasteiger partial charge in [0.05, 0.1) is 11.4 Å². The summed E-state index contributed by atoms with van der Waals surface area (Å²) in [7, 11) is 1.82. The van der Waals surface area contributed by atoms with Crippen LogP contribution in [0.2, 0.25) is 0 Å². The second-order valence-electron chi connectivity index (χ2n) is 4.91. The van der Waals surface area contributed by atoms with Crippen LogP contribution in [0.15, 0.2) is 24.3 Å². The highest BCUT2D eigenvalue weighted by atomic mass is 16.4. The third-order valence-corrected chi connectivity index (χ3v) is 3.65. The Bertz CT molecular complexity index is 659. The molecule has 0 bridgehead atoms. The number of hydrogen-bond acceptors (Lipinski definition) is 5. The standard InChI is InChI=1S/C14H16N4O2/c1-15-12-10-4-2-3-5-11(10)16-14(17-12)18-7-6-9(8-18)13(19)20/h2-5,9H,6-8H2,1H3,(H,19,20)(H,15,16,17). The van der Waals surface area contributed by atoms with Gasteiger partial charge >= 0.3 is 5.97 Å². The summed E-state index contributed by atoms with van der Waals surface area (Å²) >= 11 is 0. The van der Waals surface area contributed by atoms with Gasteiger partial charge in [0.2, 0.25) is 5.95 Å². The van der Waals surface area contributed by atoms with Crippen molar-refractivity contribution in [3.05, 3.63) is 24.3 Å². The van der Waals surface area contributed by atoms with Gasteiger partial charge in [-0.2, -0.15) is 4.98 Å². The van der Waals surface area contributed by atoms with Gasteiger partial charge in [-0.25, -0.2) is 4.98 Å². The monoisotopic (exact) mass is 272 g/mol. The molecule has 0 amide bonds. The molecule has 2 aromatic rings. The molecule has 6 nitrogen and oxygen atoms in total. The topological polar surface area (TPSA) is 78.4 Å². The molecule has 0 saturated carbocycles. The van der Waals surface area contributed by atoms with Crippen molar-refractivity contribution < 1.29 is 9.90 Å². The summed E-state index contributed by atoms with van der Waals surface area (Å²) in [6.45, 7) is 1.15. The Morgan fingerprint density at radius 1 is 1.40 bits per heavy atom. The van der Waals surface area contributed by atoms with Crippen LogP contribution in [0, 0.1) is 5.92 Å². The summed E-state index contributed by atoms with van der Waals surface area (Å²) in [5.74, 6) is 0.284. The summed E-state index contributed by atoms with van der Waals surface area (Å²) in [5, 5.41) is 13.1. The Balaban J connectivity index is 1.98. The van der Waals surface area contributed by atoms with Gasteiger partial charge in [0.15, 0.2) is 0 Å². The number of carboxylic acids is 1. The average Bonchev–Trinajstić information content (AvgIpc) is 2.96. The number of rotatable bonds is 3. The molecule has 1 unspecified atom stereocenters. The number of aromatic nitrogens is 2. The zero-order valence-corrected chi connectivity index (χ0v) is 11.2. The van der Waals surface area contributed by atoms with Gasteiger partial charge in [-0.3, -0.25) is 4.79 Å². The second kappa shape index (κ2) is 4.96. The molecule has 3 rings (SSSR count). The number of carboxylic acid groups (broad SMARTS) is 1. The molecule has 2 heterocycles. The quantitative estimate of drug-likeness (QED) is 0.883. The molecule has 1 aromatic carbocycles. The molecule has 1 atom stereocenters. The minimum atomic E-state index is -0.748. The maximum absolute atomic E-state index is 11.0. The van der Waals surface area contributed by atoms with E-state index in [0.29, 0.717) is 25.5 Å². The normalized spacial score (nSPS) is 18.4. The lowest BCUT2D eigenvalue weighted by Crippen LogP contribution is -2.24. The Hall–Kier alpha value is -2.37. The van der Waals surface area contributed by atoms with E-state index in [4.69, 9.17) is 5.11 Å². The molecule has 0 radical (unpaired) electrons. The lowest BCUT2D eigenvalue weighted by molar-refractivity contribution is -0.140. The lowest BCUT2D eigenvalue weighted by Gasteiger charge is -2.17. The first kappa shape index (κ1) is 12.7. The lowest BCUT2D eigenvalue weighted by atomic mass is 10.1. The summed E-state index contributed by atoms with van der Waals surface area (Å²) in [6, 6.07) is 7.78. The molecule has 6 heteroatoms. The number of hydrogen-bond donors (Lipinski definition) is 2. The number of fused-ring (bicyclic) bond motifs is 1. The number of nitrogens with zero attached hydrogens (tertiary/aromatic N) is 3. The minimum Gasteiger partial charge on any atom is -0.481 e. The fourth-order valence-corrected chi connectivity index (χ4v) is 2.54. The third kappa shape index (κ3) is 2.13. The van der Waals surface area contributed by atoms with Crippen LogP contribution in [0.3, 0.4) is 0 Å². The number of benzene rings is 1. The first-order valence-electron chi connectivity index (χ1n) is 6.61. The predicted molar refractivity (Wildman–Crippen MR) is 77.0 cm³/mol. The first-order valence-corrected chi connectivity index (χ1v) is 6.61. The van der Waals surface area contributed by atoms with E-state index in [9.17, 15) is 4.79 Å². The van der Waals surface area contributed by atoms with E-state index in [-0.39, 0.29) is 5.92 Å². The third-order valence-electron chi connectivity index (χ3n) is 3.65. The van der Waals surface area contributed by atoms with Crippen molar-refractivity contribution in [2.75, 3.05) is 30.4 Å². The second-order valence-corrected chi connectivity index (χ2v) is 4.91. The number of anilines is 2. The van der Waals surface area contributed by atoms with Crippen LogP contribution in [-0.2, 0) is 4.79 Å². The van der Waals surface area contributed by atoms with E-state index < -0.39 is 5.97 Å². The minimum absolute atomic E-state index is 0.330. The van der Waals surface area contributed by atoms with Crippen molar-refractivity contribution in [2.24, 2.45) is 5.92 Å². The molecule has 1 aliphatic heterocycles. The molecule has 0 spiro atoms. The Morgan fingerprint density at radius 2 is 2.20 bits per heavy atom. The van der Waals surface area contributed by atoms with E-state index >= 15 is 0 Å². The fourth-order valence-electron chi connectivity index (χ4n) is 2.54. The van der Waals surface area contributed by atoms with Crippen LogP contribution < -0.4 is 10.2 Å². The van der Waals surface area contributed by atoms with Gasteiger partial charge in [0, 0.05) is 25.5 Å². The van der Waals surface area contributed by atoms with Gasteiger partial charge in [0.1, 0.15) is 5.82 Å². The van der Waals surface area contributed by atoms with Crippen molar-refractivity contribution in [2.45, 2.75) is 6.42 Å². The van der Waals surface area contributed by atoms with Gasteiger partial charge in [-0.1, -0.05) is 12.1 Å². The van der Waals surface area contributed by atoms with Crippen LogP contribution in [0.25, 0.3) is 10.9 Å². The van der Waals surface area contributed by atoms with Crippen molar-refractivity contribution in [1.82, 2.24) is 9.97 Å². The van der Waals surface area contributed by atoms with Gasteiger partial charge in [-0.05, 0) is 18.6 Å². The largest absolute Gasteiger partial charge is 0.481 e. The van der Waals surface area contributed by atoms with Crippen LogP contribution in [0.5, 0.6) is 0 Å². The van der Waals surface area contributed by atoms with Gasteiger partial charge < -0.3 is 15.3 Å². The highest BCUT2D eigenvalue weighted by Crippen LogP contribution is 2.26. The van der Waals surface area contributed by atoms with Crippen LogP contribution >= 0.6 is 0 Å². The number of nitrogens with one attached hydrogen (secondary N) is 1. The molecule has 104 valence electrons. The van der Waals surface area contributed by atoms with Crippen molar-refractivity contribution in [3.8, 4) is 0 Å². The summed E-state index contributed by atoms with van der Waals surface area (Å²) in [5.41, 5.74) is 0.862. The molecular weight excluding hydrogens is 256 g/mol. The molecule has 1 aliphatic rings. The average molecular weight is 272 g/mol. The molecule has 2 N–H and O–H groups in total. The predicted octanol–water partition coefficient (Wildman–Crippen LogP) is 1.58. The van der Waals surface area contributed by atoms with Gasteiger partial charge in [0.25, 0.3) is 0 Å². The van der Waals surface area contributed by atoms with E-state index in [1.807, 2.05) is 36.2 Å². The Morgan fingerprint density at radius 3 is 2.90 bits per heavy atom. The smallest absolute Gasteiger partial charge is 0.308 e. The molecule has 1 aromatic heterocycles. The number of para-hydroxylation sites is 1. The van der Waals surface area contributed by atoms with E-state index in [0.717, 1.165) is 16.7 Å². The zero-order valence-electron chi connectivity index (χ0n) is 11.2. The van der Waals surface area contributed by atoms with E-state index in [2.05, 4.69) is 15.3 Å². The molecule has 20 heavy (non-hydrogen) atoms. The Labute approximate surface area is 116 Å². The maximum atomic E-state index is 11.0. The van der Waals surface area contributed by atoms with Crippen molar-refractivity contribution in [1.29, 1.82) is 0 Å². The van der Waals surface area contributed by atoms with Crippen LogP contribution in [-0.4, -0.2) is 41.2 Å². The number of carbonyl (C=O) groups is 1. The van der Waals surface area contributed by atoms with Gasteiger partial charge in [-0.15, -0.1) is 0 Å². The SMILES string of the molecule is CNc1nc(N2CCC(C(=O)O)C2)nc2ccccc12. The molecule has 0 aliphatic carbocycles. The van der Waals surface area contributed by atoms with E-state index in [1.165, 1.54) is 0 Å². The summed E-state index contributed by atoms with van der Waals surface area (Å²) in [6.07, 6.45) is 0.639. The molecule has 1 fully saturated rings. The summed E-state index contributed by atoms with van der Waals surface area (Å²) < 4.78 is 0. The number of aliphatic carboxylic acids is 1. The molecular formula is C14H16N4O2. The highest BCUT2D eigenvalue weighted by Gasteiger charge is 2.29. The summed E-state index contributed by atoms with van der Waals surface area (Å²) in [4.78, 5) is 22.0. The van der Waals surface area contributed by atoms with Crippen molar-refractivity contribution >= 4 is 28.6 Å². The van der Waals surface area contributed by atoms with E-state index in [1.54, 1.807) is 0 Å². The highest BCUT2D eigenvalue weighted by molar-refractivity contribution is 5.90. The first-order chi connectivity index (χ1) is 9.69. The maximum Gasteiger partial charge on any atom is 0.308 e. The van der Waals surface area contributed by atoms with Crippen molar-refractivity contribution in [3.63, 3.8) is 0 Å². The van der Waals surface area contributed by atoms with Crippen LogP contribution in [0.4, 0.5) is 11.8 Å².